The number of ether oxygens (including phenoxy) is 1. The Bertz CT molecular complexity index is 901. The molecule has 2 aromatic carbocycles. The van der Waals surface area contributed by atoms with E-state index in [0.29, 0.717) is 18.1 Å². The van der Waals surface area contributed by atoms with Crippen LogP contribution in [0.4, 0.5) is 0 Å². The van der Waals surface area contributed by atoms with Crippen LogP contribution in [-0.4, -0.2) is 4.98 Å². The third-order valence-corrected chi connectivity index (χ3v) is 4.36. The SMILES string of the molecule is C=C1Cc2cc(Cl)c3cccnc3c2OCc2ccccc21. The van der Waals surface area contributed by atoms with Crippen LogP contribution in [0.5, 0.6) is 5.75 Å². The highest BCUT2D eigenvalue weighted by Crippen LogP contribution is 2.38. The lowest BCUT2D eigenvalue weighted by atomic mass is 9.93. The summed E-state index contributed by atoms with van der Waals surface area (Å²) in [6.07, 6.45) is 2.47. The monoisotopic (exact) mass is 307 g/mol. The van der Waals surface area contributed by atoms with Crippen molar-refractivity contribution in [3.8, 4) is 5.75 Å². The maximum Gasteiger partial charge on any atom is 0.149 e. The minimum Gasteiger partial charge on any atom is -0.486 e. The van der Waals surface area contributed by atoms with Gasteiger partial charge >= 0.3 is 0 Å². The fraction of sp³-hybridized carbons (Fsp3) is 0.105. The number of pyridine rings is 1. The number of benzene rings is 2. The fourth-order valence-electron chi connectivity index (χ4n) is 2.99. The van der Waals surface area contributed by atoms with E-state index < -0.39 is 0 Å². The van der Waals surface area contributed by atoms with E-state index in [0.717, 1.165) is 38.9 Å². The molecule has 0 radical (unpaired) electrons. The van der Waals surface area contributed by atoms with Crippen molar-refractivity contribution in [2.24, 2.45) is 0 Å². The second-order valence-corrected chi connectivity index (χ2v) is 5.88. The van der Waals surface area contributed by atoms with E-state index in [9.17, 15) is 0 Å². The van der Waals surface area contributed by atoms with Crippen LogP contribution >= 0.6 is 11.6 Å². The maximum atomic E-state index is 6.41. The zero-order chi connectivity index (χ0) is 15.1. The molecule has 0 bridgehead atoms. The number of nitrogens with zero attached hydrogens (tertiary/aromatic N) is 1. The first kappa shape index (κ1) is 13.4. The van der Waals surface area contributed by atoms with Crippen molar-refractivity contribution < 1.29 is 4.74 Å². The van der Waals surface area contributed by atoms with Gasteiger partial charge in [0.05, 0.1) is 5.02 Å². The average Bonchev–Trinajstić information content (AvgIpc) is 2.53. The summed E-state index contributed by atoms with van der Waals surface area (Å²) in [5.74, 6) is 0.815. The Morgan fingerprint density at radius 3 is 2.86 bits per heavy atom. The number of aromatic nitrogens is 1. The molecular weight excluding hydrogens is 294 g/mol. The van der Waals surface area contributed by atoms with E-state index in [1.807, 2.05) is 30.3 Å². The second kappa shape index (κ2) is 5.15. The third kappa shape index (κ3) is 2.08. The summed E-state index contributed by atoms with van der Waals surface area (Å²) >= 11 is 6.41. The molecule has 3 aromatic rings. The molecule has 0 unspecified atom stereocenters. The second-order valence-electron chi connectivity index (χ2n) is 5.47. The van der Waals surface area contributed by atoms with E-state index in [2.05, 4.69) is 23.7 Å². The lowest BCUT2D eigenvalue weighted by Crippen LogP contribution is -2.07. The molecule has 1 aromatic heterocycles. The molecule has 4 rings (SSSR count). The van der Waals surface area contributed by atoms with Crippen molar-refractivity contribution in [2.75, 3.05) is 0 Å². The van der Waals surface area contributed by atoms with Crippen LogP contribution in [0.1, 0.15) is 16.7 Å². The molecule has 2 heterocycles. The van der Waals surface area contributed by atoms with E-state index in [1.54, 1.807) is 6.20 Å². The van der Waals surface area contributed by atoms with Gasteiger partial charge in [-0.3, -0.25) is 4.98 Å². The highest BCUT2D eigenvalue weighted by atomic mass is 35.5. The maximum absolute atomic E-state index is 6.41. The Balaban J connectivity index is 1.93. The topological polar surface area (TPSA) is 22.1 Å². The minimum absolute atomic E-state index is 0.509. The number of rotatable bonds is 0. The van der Waals surface area contributed by atoms with E-state index in [1.165, 1.54) is 0 Å². The summed E-state index contributed by atoms with van der Waals surface area (Å²) < 4.78 is 6.11. The van der Waals surface area contributed by atoms with Gasteiger partial charge in [0.2, 0.25) is 0 Å². The van der Waals surface area contributed by atoms with Crippen LogP contribution in [-0.2, 0) is 13.0 Å². The Morgan fingerprint density at radius 2 is 1.95 bits per heavy atom. The third-order valence-electron chi connectivity index (χ3n) is 4.05. The van der Waals surface area contributed by atoms with Crippen LogP contribution in [0, 0.1) is 0 Å². The summed E-state index contributed by atoms with van der Waals surface area (Å²) in [7, 11) is 0. The minimum atomic E-state index is 0.509. The van der Waals surface area contributed by atoms with Gasteiger partial charge in [-0.25, -0.2) is 0 Å². The fourth-order valence-corrected chi connectivity index (χ4v) is 3.27. The van der Waals surface area contributed by atoms with Crippen LogP contribution in [0.15, 0.2) is 55.2 Å². The normalized spacial score (nSPS) is 13.8. The smallest absolute Gasteiger partial charge is 0.149 e. The van der Waals surface area contributed by atoms with E-state index >= 15 is 0 Å². The summed E-state index contributed by atoms with van der Waals surface area (Å²) in [5.41, 5.74) is 5.24. The number of hydrogen-bond donors (Lipinski definition) is 0. The molecular formula is C19H14ClNO. The van der Waals surface area contributed by atoms with Gasteiger partial charge < -0.3 is 4.74 Å². The quantitative estimate of drug-likeness (QED) is 0.580. The van der Waals surface area contributed by atoms with Gasteiger partial charge in [0.15, 0.2) is 0 Å². The number of hydrogen-bond acceptors (Lipinski definition) is 2. The standard InChI is InChI=1S/C19H14ClNO/c1-12-9-14-10-17(20)16-7-4-8-21-18(16)19(14)22-11-13-5-2-3-6-15(12)13/h2-8,10H,1,9,11H2. The largest absolute Gasteiger partial charge is 0.486 e. The van der Waals surface area contributed by atoms with Gasteiger partial charge in [-0.15, -0.1) is 0 Å². The molecule has 22 heavy (non-hydrogen) atoms. The zero-order valence-electron chi connectivity index (χ0n) is 12.0. The van der Waals surface area contributed by atoms with Gasteiger partial charge in [0.25, 0.3) is 0 Å². The highest BCUT2D eigenvalue weighted by molar-refractivity contribution is 6.35. The van der Waals surface area contributed by atoms with Gasteiger partial charge in [0.1, 0.15) is 17.9 Å². The first-order valence-electron chi connectivity index (χ1n) is 7.19. The van der Waals surface area contributed by atoms with Crippen molar-refractivity contribution in [3.05, 3.63) is 77.0 Å². The van der Waals surface area contributed by atoms with Gasteiger partial charge in [-0.2, -0.15) is 0 Å². The Morgan fingerprint density at radius 1 is 1.09 bits per heavy atom. The first-order valence-corrected chi connectivity index (χ1v) is 7.57. The molecule has 0 saturated carbocycles. The number of halogens is 1. The average molecular weight is 308 g/mol. The molecule has 0 N–H and O–H groups in total. The molecule has 1 aliphatic heterocycles. The highest BCUT2D eigenvalue weighted by Gasteiger charge is 2.19. The van der Waals surface area contributed by atoms with Crippen molar-refractivity contribution in [3.63, 3.8) is 0 Å². The predicted octanol–water partition coefficient (Wildman–Crippen LogP) is 5.04. The van der Waals surface area contributed by atoms with Crippen molar-refractivity contribution >= 4 is 28.1 Å². The first-order chi connectivity index (χ1) is 10.7. The van der Waals surface area contributed by atoms with Crippen LogP contribution in [0.3, 0.4) is 0 Å². The Hall–Kier alpha value is -2.32. The van der Waals surface area contributed by atoms with Crippen molar-refractivity contribution in [1.82, 2.24) is 4.98 Å². The molecule has 0 saturated heterocycles. The molecule has 0 amide bonds. The van der Waals surface area contributed by atoms with Gasteiger partial charge in [-0.05, 0) is 34.9 Å². The number of allylic oxidation sites excluding steroid dienone is 1. The molecule has 0 atom stereocenters. The number of fused-ring (bicyclic) bond motifs is 4. The molecule has 0 spiro atoms. The Labute approximate surface area is 134 Å². The zero-order valence-corrected chi connectivity index (χ0v) is 12.7. The molecule has 0 fully saturated rings. The van der Waals surface area contributed by atoms with Crippen LogP contribution in [0.2, 0.25) is 5.02 Å². The summed E-state index contributed by atoms with van der Waals surface area (Å²) in [6.45, 7) is 4.76. The van der Waals surface area contributed by atoms with Crippen LogP contribution < -0.4 is 4.74 Å². The van der Waals surface area contributed by atoms with Crippen LogP contribution in [0.25, 0.3) is 16.5 Å². The lowest BCUT2D eigenvalue weighted by Gasteiger charge is -2.21. The van der Waals surface area contributed by atoms with Crippen molar-refractivity contribution in [1.29, 1.82) is 0 Å². The predicted molar refractivity (Wildman–Crippen MR) is 90.3 cm³/mol. The lowest BCUT2D eigenvalue weighted by molar-refractivity contribution is 0.305. The van der Waals surface area contributed by atoms with E-state index in [4.69, 9.17) is 16.3 Å². The Kier molecular flexibility index (Phi) is 3.12. The molecule has 3 heteroatoms. The summed E-state index contributed by atoms with van der Waals surface area (Å²) in [4.78, 5) is 4.47. The van der Waals surface area contributed by atoms with Gasteiger partial charge in [0, 0.05) is 23.6 Å². The van der Waals surface area contributed by atoms with Gasteiger partial charge in [-0.1, -0.05) is 42.4 Å². The van der Waals surface area contributed by atoms with Crippen molar-refractivity contribution in [2.45, 2.75) is 13.0 Å². The molecule has 2 nitrogen and oxygen atoms in total. The summed E-state index contributed by atoms with van der Waals surface area (Å²) in [6, 6.07) is 14.1. The molecule has 108 valence electrons. The molecule has 0 aliphatic carbocycles. The molecule has 1 aliphatic rings. The van der Waals surface area contributed by atoms with E-state index in [-0.39, 0.29) is 0 Å². The summed E-state index contributed by atoms with van der Waals surface area (Å²) in [5, 5.41) is 1.62.